The molecule has 0 radical (unpaired) electrons. The highest BCUT2D eigenvalue weighted by Crippen LogP contribution is 2.27. The van der Waals surface area contributed by atoms with Gasteiger partial charge >= 0.3 is 0 Å². The van der Waals surface area contributed by atoms with Crippen molar-refractivity contribution in [1.82, 2.24) is 15.2 Å². The first-order valence-corrected chi connectivity index (χ1v) is 7.17. The molecule has 0 aliphatic carbocycles. The lowest BCUT2D eigenvalue weighted by molar-refractivity contribution is -0.0413. The number of thiazole rings is 1. The number of hydrogen-bond donors (Lipinski definition) is 1. The summed E-state index contributed by atoms with van der Waals surface area (Å²) in [5.74, 6) is 0. The molecule has 2 bridgehead atoms. The standard InChI is InChI=1S/C12H19N3OS/c1-13-4-12-14-9(8-17-12)5-15-6-10-2-3-11(7-15)16-10/h8,10-11,13H,2-7H2,1H3. The molecule has 2 fully saturated rings. The number of morpholine rings is 1. The monoisotopic (exact) mass is 253 g/mol. The maximum atomic E-state index is 5.84. The van der Waals surface area contributed by atoms with Crippen LogP contribution in [-0.4, -0.2) is 42.2 Å². The Morgan fingerprint density at radius 1 is 1.47 bits per heavy atom. The van der Waals surface area contributed by atoms with Crippen molar-refractivity contribution in [3.8, 4) is 0 Å². The van der Waals surface area contributed by atoms with Gasteiger partial charge in [0.2, 0.25) is 0 Å². The Labute approximate surface area is 106 Å². The molecule has 5 heteroatoms. The minimum atomic E-state index is 0.476. The highest BCUT2D eigenvalue weighted by atomic mass is 32.1. The van der Waals surface area contributed by atoms with Crippen molar-refractivity contribution < 1.29 is 4.74 Å². The number of ether oxygens (including phenoxy) is 1. The third kappa shape index (κ3) is 2.68. The van der Waals surface area contributed by atoms with Crippen LogP contribution in [0.5, 0.6) is 0 Å². The van der Waals surface area contributed by atoms with Crippen molar-refractivity contribution in [2.45, 2.75) is 38.1 Å². The maximum Gasteiger partial charge on any atom is 0.107 e. The van der Waals surface area contributed by atoms with Gasteiger partial charge in [-0.1, -0.05) is 0 Å². The van der Waals surface area contributed by atoms with Crippen LogP contribution in [0.15, 0.2) is 5.38 Å². The predicted octanol–water partition coefficient (Wildman–Crippen LogP) is 1.23. The first kappa shape index (κ1) is 11.6. The number of rotatable bonds is 4. The molecule has 94 valence electrons. The Kier molecular flexibility index (Phi) is 3.42. The zero-order valence-electron chi connectivity index (χ0n) is 10.2. The molecule has 0 saturated carbocycles. The van der Waals surface area contributed by atoms with Crippen LogP contribution in [0, 0.1) is 0 Å². The van der Waals surface area contributed by atoms with Crippen LogP contribution in [0.2, 0.25) is 0 Å². The predicted molar refractivity (Wildman–Crippen MR) is 68.0 cm³/mol. The second-order valence-electron chi connectivity index (χ2n) is 4.91. The Morgan fingerprint density at radius 3 is 2.94 bits per heavy atom. The van der Waals surface area contributed by atoms with Gasteiger partial charge in [0.15, 0.2) is 0 Å². The molecule has 0 amide bonds. The molecule has 0 aromatic carbocycles. The number of likely N-dealkylation sites (tertiary alicyclic amines) is 1. The van der Waals surface area contributed by atoms with Gasteiger partial charge in [0.25, 0.3) is 0 Å². The lowest BCUT2D eigenvalue weighted by Crippen LogP contribution is -2.42. The van der Waals surface area contributed by atoms with Crippen molar-refractivity contribution >= 4 is 11.3 Å². The van der Waals surface area contributed by atoms with E-state index in [0.717, 1.165) is 26.2 Å². The summed E-state index contributed by atoms with van der Waals surface area (Å²) >= 11 is 1.75. The number of nitrogens with zero attached hydrogens (tertiary/aromatic N) is 2. The molecular weight excluding hydrogens is 234 g/mol. The SMILES string of the molecule is CNCc1nc(CN2CC3CCC(C2)O3)cs1. The second-order valence-corrected chi connectivity index (χ2v) is 5.86. The van der Waals surface area contributed by atoms with Crippen molar-refractivity contribution in [3.63, 3.8) is 0 Å². The Morgan fingerprint density at radius 2 is 2.24 bits per heavy atom. The highest BCUT2D eigenvalue weighted by Gasteiger charge is 2.33. The summed E-state index contributed by atoms with van der Waals surface area (Å²) in [7, 11) is 1.96. The Balaban J connectivity index is 1.58. The van der Waals surface area contributed by atoms with Gasteiger partial charge in [0, 0.05) is 31.6 Å². The third-order valence-electron chi connectivity index (χ3n) is 3.43. The van der Waals surface area contributed by atoms with Crippen LogP contribution >= 0.6 is 11.3 Å². The first-order valence-electron chi connectivity index (χ1n) is 6.29. The van der Waals surface area contributed by atoms with E-state index >= 15 is 0 Å². The van der Waals surface area contributed by atoms with Crippen molar-refractivity contribution in [2.75, 3.05) is 20.1 Å². The molecule has 1 N–H and O–H groups in total. The van der Waals surface area contributed by atoms with Gasteiger partial charge in [0.1, 0.15) is 5.01 Å². The van der Waals surface area contributed by atoms with E-state index in [9.17, 15) is 0 Å². The minimum Gasteiger partial charge on any atom is -0.372 e. The van der Waals surface area contributed by atoms with Gasteiger partial charge in [-0.15, -0.1) is 11.3 Å². The van der Waals surface area contributed by atoms with E-state index in [-0.39, 0.29) is 0 Å². The third-order valence-corrected chi connectivity index (χ3v) is 4.33. The lowest BCUT2D eigenvalue weighted by atomic mass is 10.2. The summed E-state index contributed by atoms with van der Waals surface area (Å²) in [6.07, 6.45) is 3.43. The summed E-state index contributed by atoms with van der Waals surface area (Å²) in [6, 6.07) is 0. The van der Waals surface area contributed by atoms with E-state index < -0.39 is 0 Å². The molecule has 2 unspecified atom stereocenters. The summed E-state index contributed by atoms with van der Waals surface area (Å²) < 4.78 is 5.84. The van der Waals surface area contributed by atoms with Gasteiger partial charge < -0.3 is 10.1 Å². The van der Waals surface area contributed by atoms with Crippen LogP contribution in [0.3, 0.4) is 0 Å². The van der Waals surface area contributed by atoms with Crippen LogP contribution in [0.4, 0.5) is 0 Å². The first-order chi connectivity index (χ1) is 8.33. The smallest absolute Gasteiger partial charge is 0.107 e. The number of fused-ring (bicyclic) bond motifs is 2. The van der Waals surface area contributed by atoms with Crippen molar-refractivity contribution in [3.05, 3.63) is 16.1 Å². The topological polar surface area (TPSA) is 37.4 Å². The molecule has 3 rings (SSSR count). The average Bonchev–Trinajstić information content (AvgIpc) is 2.87. The number of nitrogens with one attached hydrogen (secondary N) is 1. The van der Waals surface area contributed by atoms with E-state index in [2.05, 4.69) is 20.6 Å². The molecule has 17 heavy (non-hydrogen) atoms. The molecule has 1 aromatic rings. The van der Waals surface area contributed by atoms with Gasteiger partial charge in [-0.3, -0.25) is 4.90 Å². The maximum absolute atomic E-state index is 5.84. The summed E-state index contributed by atoms with van der Waals surface area (Å²) in [5.41, 5.74) is 1.21. The number of hydrogen-bond acceptors (Lipinski definition) is 5. The highest BCUT2D eigenvalue weighted by molar-refractivity contribution is 7.09. The second kappa shape index (κ2) is 5.02. The summed E-state index contributed by atoms with van der Waals surface area (Å²) in [4.78, 5) is 7.13. The van der Waals surface area contributed by atoms with Crippen molar-refractivity contribution in [1.29, 1.82) is 0 Å². The van der Waals surface area contributed by atoms with E-state index in [1.54, 1.807) is 11.3 Å². The van der Waals surface area contributed by atoms with Gasteiger partial charge in [-0.2, -0.15) is 0 Å². The quantitative estimate of drug-likeness (QED) is 0.875. The Bertz CT molecular complexity index is 370. The zero-order chi connectivity index (χ0) is 11.7. The molecule has 0 spiro atoms. The average molecular weight is 253 g/mol. The molecule has 2 saturated heterocycles. The molecule has 1 aromatic heterocycles. The fourth-order valence-corrected chi connectivity index (χ4v) is 3.51. The summed E-state index contributed by atoms with van der Waals surface area (Å²) in [5, 5.41) is 6.50. The van der Waals surface area contributed by atoms with Gasteiger partial charge in [0.05, 0.1) is 17.9 Å². The molecule has 2 atom stereocenters. The fourth-order valence-electron chi connectivity index (χ4n) is 2.71. The molecule has 3 heterocycles. The fraction of sp³-hybridized carbons (Fsp3) is 0.750. The summed E-state index contributed by atoms with van der Waals surface area (Å²) in [6.45, 7) is 4.01. The molecule has 4 nitrogen and oxygen atoms in total. The van der Waals surface area contributed by atoms with E-state index in [1.165, 1.54) is 23.5 Å². The normalized spacial score (nSPS) is 28.8. The van der Waals surface area contributed by atoms with Crippen LogP contribution in [0.1, 0.15) is 23.5 Å². The molecule has 2 aliphatic heterocycles. The van der Waals surface area contributed by atoms with E-state index in [0.29, 0.717) is 12.2 Å². The van der Waals surface area contributed by atoms with Gasteiger partial charge in [-0.25, -0.2) is 4.98 Å². The minimum absolute atomic E-state index is 0.476. The zero-order valence-corrected chi connectivity index (χ0v) is 11.0. The molecular formula is C12H19N3OS. The van der Waals surface area contributed by atoms with Crippen LogP contribution in [-0.2, 0) is 17.8 Å². The lowest BCUT2D eigenvalue weighted by Gasteiger charge is -2.31. The van der Waals surface area contributed by atoms with Crippen LogP contribution in [0.25, 0.3) is 0 Å². The Hall–Kier alpha value is -0.490. The van der Waals surface area contributed by atoms with Gasteiger partial charge in [-0.05, 0) is 19.9 Å². The largest absolute Gasteiger partial charge is 0.372 e. The van der Waals surface area contributed by atoms with Crippen molar-refractivity contribution in [2.24, 2.45) is 0 Å². The number of aromatic nitrogens is 1. The van der Waals surface area contributed by atoms with E-state index in [4.69, 9.17) is 4.74 Å². The molecule has 2 aliphatic rings. The van der Waals surface area contributed by atoms with E-state index in [1.807, 2.05) is 7.05 Å². The van der Waals surface area contributed by atoms with Crippen LogP contribution < -0.4 is 5.32 Å².